The number of rotatable bonds is 9. The van der Waals surface area contributed by atoms with Gasteiger partial charge in [0.05, 0.1) is 11.4 Å². The SMILES string of the molecule is CCC(=O)c1ccc(OCC(=O)OCc2csc(N(C(C)=O)c3cccc(C)c3C)n2)cc1. The number of carbonyl (C=O) groups is 3. The molecular weight excluding hydrogens is 440 g/mol. The first-order chi connectivity index (χ1) is 15.8. The number of hydrogen-bond acceptors (Lipinski definition) is 7. The molecule has 1 amide bonds. The second-order valence-electron chi connectivity index (χ2n) is 7.45. The van der Waals surface area contributed by atoms with E-state index in [1.807, 2.05) is 32.0 Å². The number of amides is 1. The number of hydrogen-bond donors (Lipinski definition) is 0. The lowest BCUT2D eigenvalue weighted by Crippen LogP contribution is -2.23. The van der Waals surface area contributed by atoms with Gasteiger partial charge in [-0.05, 0) is 55.3 Å². The monoisotopic (exact) mass is 466 g/mol. The number of carbonyl (C=O) groups excluding carboxylic acids is 3. The summed E-state index contributed by atoms with van der Waals surface area (Å²) in [4.78, 5) is 42.1. The Balaban J connectivity index is 1.57. The van der Waals surface area contributed by atoms with Crippen LogP contribution in [0, 0.1) is 13.8 Å². The first-order valence-electron chi connectivity index (χ1n) is 10.5. The number of nitrogens with zero attached hydrogens (tertiary/aromatic N) is 2. The molecule has 7 nitrogen and oxygen atoms in total. The number of thiazole rings is 1. The van der Waals surface area contributed by atoms with Gasteiger partial charge < -0.3 is 9.47 Å². The predicted octanol–water partition coefficient (Wildman–Crippen LogP) is 5.16. The topological polar surface area (TPSA) is 85.8 Å². The third kappa shape index (κ3) is 6.04. The molecule has 0 unspecified atom stereocenters. The van der Waals surface area contributed by atoms with Gasteiger partial charge in [0.15, 0.2) is 17.5 Å². The second kappa shape index (κ2) is 10.9. The van der Waals surface area contributed by atoms with Crippen LogP contribution in [0.15, 0.2) is 47.8 Å². The largest absolute Gasteiger partial charge is 0.482 e. The molecule has 8 heteroatoms. The van der Waals surface area contributed by atoms with Crippen molar-refractivity contribution in [3.8, 4) is 5.75 Å². The highest BCUT2D eigenvalue weighted by molar-refractivity contribution is 7.14. The number of esters is 1. The van der Waals surface area contributed by atoms with Crippen molar-refractivity contribution in [3.05, 3.63) is 70.2 Å². The fourth-order valence-corrected chi connectivity index (χ4v) is 3.99. The molecule has 0 atom stereocenters. The van der Waals surface area contributed by atoms with E-state index in [1.165, 1.54) is 18.3 Å². The Kier molecular flexibility index (Phi) is 7.95. The third-order valence-electron chi connectivity index (χ3n) is 5.10. The van der Waals surface area contributed by atoms with Crippen molar-refractivity contribution in [2.24, 2.45) is 0 Å². The fraction of sp³-hybridized carbons (Fsp3) is 0.280. The van der Waals surface area contributed by atoms with E-state index in [0.29, 0.717) is 28.6 Å². The zero-order valence-electron chi connectivity index (χ0n) is 19.1. The van der Waals surface area contributed by atoms with Crippen LogP contribution < -0.4 is 9.64 Å². The Morgan fingerprint density at radius 3 is 2.45 bits per heavy atom. The number of ether oxygens (including phenoxy) is 2. The Hall–Kier alpha value is -3.52. The summed E-state index contributed by atoms with van der Waals surface area (Å²) in [6.45, 7) is 6.96. The Labute approximate surface area is 197 Å². The molecule has 172 valence electrons. The van der Waals surface area contributed by atoms with Gasteiger partial charge in [-0.3, -0.25) is 14.5 Å². The van der Waals surface area contributed by atoms with E-state index < -0.39 is 5.97 Å². The molecule has 0 fully saturated rings. The molecule has 33 heavy (non-hydrogen) atoms. The molecule has 0 bridgehead atoms. The van der Waals surface area contributed by atoms with Gasteiger partial charge in [-0.15, -0.1) is 11.3 Å². The molecule has 0 saturated carbocycles. The average Bonchev–Trinajstić information content (AvgIpc) is 3.27. The quantitative estimate of drug-likeness (QED) is 0.320. The molecule has 0 aliphatic heterocycles. The summed E-state index contributed by atoms with van der Waals surface area (Å²) in [6, 6.07) is 12.4. The molecule has 1 aromatic heterocycles. The Morgan fingerprint density at radius 2 is 1.79 bits per heavy atom. The van der Waals surface area contributed by atoms with Crippen LogP contribution in [0.1, 0.15) is 47.4 Å². The number of aromatic nitrogens is 1. The van der Waals surface area contributed by atoms with Crippen LogP contribution in [0.3, 0.4) is 0 Å². The molecule has 3 rings (SSSR count). The molecule has 0 spiro atoms. The van der Waals surface area contributed by atoms with Crippen molar-refractivity contribution in [3.63, 3.8) is 0 Å². The fourth-order valence-electron chi connectivity index (χ4n) is 3.13. The number of anilines is 2. The summed E-state index contributed by atoms with van der Waals surface area (Å²) in [7, 11) is 0. The van der Waals surface area contributed by atoms with Crippen molar-refractivity contribution < 1.29 is 23.9 Å². The standard InChI is InChI=1S/C25H26N2O5S/c1-5-23(29)19-9-11-21(12-10-19)31-14-24(30)32-13-20-15-33-25(26-20)27(18(4)28)22-8-6-7-16(2)17(22)3/h6-12,15H,5,13-14H2,1-4H3. The summed E-state index contributed by atoms with van der Waals surface area (Å²) >= 11 is 1.31. The van der Waals surface area contributed by atoms with Crippen molar-refractivity contribution >= 4 is 39.8 Å². The van der Waals surface area contributed by atoms with E-state index in [-0.39, 0.29) is 24.9 Å². The summed E-state index contributed by atoms with van der Waals surface area (Å²) < 4.78 is 10.7. The van der Waals surface area contributed by atoms with Gasteiger partial charge in [-0.2, -0.15) is 0 Å². The van der Waals surface area contributed by atoms with Crippen LogP contribution in [0.2, 0.25) is 0 Å². The van der Waals surface area contributed by atoms with Gasteiger partial charge in [-0.25, -0.2) is 9.78 Å². The van der Waals surface area contributed by atoms with Gasteiger partial charge in [0.2, 0.25) is 5.91 Å². The molecule has 1 heterocycles. The number of aryl methyl sites for hydroxylation is 1. The molecule has 0 saturated heterocycles. The van der Waals surface area contributed by atoms with Crippen molar-refractivity contribution in [1.82, 2.24) is 4.98 Å². The lowest BCUT2D eigenvalue weighted by Gasteiger charge is -2.21. The second-order valence-corrected chi connectivity index (χ2v) is 8.28. The highest BCUT2D eigenvalue weighted by Crippen LogP contribution is 2.32. The molecule has 0 radical (unpaired) electrons. The molecule has 0 aliphatic rings. The Bertz CT molecular complexity index is 1150. The summed E-state index contributed by atoms with van der Waals surface area (Å²) in [5.41, 5.74) is 4.01. The van der Waals surface area contributed by atoms with Crippen LogP contribution in [-0.2, 0) is 20.9 Å². The lowest BCUT2D eigenvalue weighted by atomic mass is 10.1. The predicted molar refractivity (Wildman–Crippen MR) is 127 cm³/mol. The van der Waals surface area contributed by atoms with E-state index in [4.69, 9.17) is 9.47 Å². The van der Waals surface area contributed by atoms with Gasteiger partial charge in [0.1, 0.15) is 12.4 Å². The molecule has 3 aromatic rings. The molecule has 2 aromatic carbocycles. The highest BCUT2D eigenvalue weighted by atomic mass is 32.1. The molecule has 0 N–H and O–H groups in total. The van der Waals surface area contributed by atoms with Crippen molar-refractivity contribution in [2.75, 3.05) is 11.5 Å². The maximum Gasteiger partial charge on any atom is 0.344 e. The minimum absolute atomic E-state index is 0.0266. The van der Waals surface area contributed by atoms with E-state index in [2.05, 4.69) is 4.98 Å². The van der Waals surface area contributed by atoms with Gasteiger partial charge >= 0.3 is 5.97 Å². The van der Waals surface area contributed by atoms with Crippen LogP contribution in [0.4, 0.5) is 10.8 Å². The number of ketones is 1. The van der Waals surface area contributed by atoms with Gasteiger partial charge in [-0.1, -0.05) is 19.1 Å². The van der Waals surface area contributed by atoms with Gasteiger partial charge in [0, 0.05) is 24.3 Å². The maximum atomic E-state index is 12.4. The first-order valence-corrected chi connectivity index (χ1v) is 11.4. The van der Waals surface area contributed by atoms with E-state index in [9.17, 15) is 14.4 Å². The average molecular weight is 467 g/mol. The Morgan fingerprint density at radius 1 is 1.06 bits per heavy atom. The van der Waals surface area contributed by atoms with Gasteiger partial charge in [0.25, 0.3) is 0 Å². The van der Waals surface area contributed by atoms with Crippen LogP contribution in [-0.4, -0.2) is 29.3 Å². The first kappa shape index (κ1) is 24.1. The molecular formula is C25H26N2O5S. The zero-order chi connectivity index (χ0) is 24.0. The van der Waals surface area contributed by atoms with Crippen molar-refractivity contribution in [1.29, 1.82) is 0 Å². The maximum absolute atomic E-state index is 12.4. The zero-order valence-corrected chi connectivity index (χ0v) is 19.9. The van der Waals surface area contributed by atoms with Crippen LogP contribution in [0.25, 0.3) is 0 Å². The van der Waals surface area contributed by atoms with Crippen LogP contribution in [0.5, 0.6) is 5.75 Å². The minimum Gasteiger partial charge on any atom is -0.482 e. The van der Waals surface area contributed by atoms with E-state index >= 15 is 0 Å². The highest BCUT2D eigenvalue weighted by Gasteiger charge is 2.20. The van der Waals surface area contributed by atoms with E-state index in [0.717, 1.165) is 16.8 Å². The third-order valence-corrected chi connectivity index (χ3v) is 5.97. The number of benzene rings is 2. The normalized spacial score (nSPS) is 10.5. The van der Waals surface area contributed by atoms with Crippen LogP contribution >= 0.6 is 11.3 Å². The minimum atomic E-state index is -0.545. The van der Waals surface area contributed by atoms with E-state index in [1.54, 1.807) is 41.5 Å². The van der Waals surface area contributed by atoms with Crippen molar-refractivity contribution in [2.45, 2.75) is 40.7 Å². The lowest BCUT2D eigenvalue weighted by molar-refractivity contribution is -0.147. The summed E-state index contributed by atoms with van der Waals surface area (Å²) in [5.74, 6) is -0.177. The molecule has 0 aliphatic carbocycles. The smallest absolute Gasteiger partial charge is 0.344 e. The number of Topliss-reactive ketones (excluding diaryl/α,β-unsaturated/α-hetero) is 1. The summed E-state index contributed by atoms with van der Waals surface area (Å²) in [6.07, 6.45) is 0.430. The summed E-state index contributed by atoms with van der Waals surface area (Å²) in [5, 5.41) is 2.27.